The van der Waals surface area contributed by atoms with E-state index in [0.717, 1.165) is 0 Å². The third-order valence-electron chi connectivity index (χ3n) is 3.80. The lowest BCUT2D eigenvalue weighted by Crippen LogP contribution is -2.20. The standard InChI is InChI=1S/C22H16N2O3/c23-14-16-5-4-8-19(13-16)24-21(25)15-27-20-11-9-18(10-12-20)22(26)17-6-2-1-3-7-17/h1-13H,15H2,(H,24,25). The molecule has 1 N–H and O–H groups in total. The van der Waals surface area contributed by atoms with Crippen molar-refractivity contribution >= 4 is 17.4 Å². The lowest BCUT2D eigenvalue weighted by molar-refractivity contribution is -0.118. The predicted octanol–water partition coefficient (Wildman–Crippen LogP) is 3.81. The Morgan fingerprint density at radius 3 is 2.30 bits per heavy atom. The van der Waals surface area contributed by atoms with Gasteiger partial charge in [-0.25, -0.2) is 0 Å². The smallest absolute Gasteiger partial charge is 0.262 e. The fourth-order valence-corrected chi connectivity index (χ4v) is 2.47. The summed E-state index contributed by atoms with van der Waals surface area (Å²) in [5, 5.41) is 11.5. The predicted molar refractivity (Wildman–Crippen MR) is 102 cm³/mol. The normalized spacial score (nSPS) is 9.89. The molecule has 0 fully saturated rings. The third-order valence-corrected chi connectivity index (χ3v) is 3.80. The Balaban J connectivity index is 1.56. The highest BCUT2D eigenvalue weighted by molar-refractivity contribution is 6.09. The molecule has 0 aliphatic rings. The van der Waals surface area contributed by atoms with E-state index in [-0.39, 0.29) is 18.3 Å². The van der Waals surface area contributed by atoms with Crippen molar-refractivity contribution in [2.45, 2.75) is 0 Å². The minimum Gasteiger partial charge on any atom is -0.484 e. The molecule has 1 amide bonds. The molecule has 3 aromatic carbocycles. The molecule has 27 heavy (non-hydrogen) atoms. The molecule has 0 atom stereocenters. The Morgan fingerprint density at radius 1 is 0.889 bits per heavy atom. The molecular weight excluding hydrogens is 340 g/mol. The van der Waals surface area contributed by atoms with Crippen molar-refractivity contribution in [3.8, 4) is 11.8 Å². The van der Waals surface area contributed by atoms with E-state index in [2.05, 4.69) is 5.32 Å². The van der Waals surface area contributed by atoms with Crippen molar-refractivity contribution in [3.05, 3.63) is 95.6 Å². The van der Waals surface area contributed by atoms with Crippen LogP contribution in [-0.2, 0) is 4.79 Å². The molecule has 0 saturated heterocycles. The average molecular weight is 356 g/mol. The van der Waals surface area contributed by atoms with Gasteiger partial charge in [0, 0.05) is 16.8 Å². The van der Waals surface area contributed by atoms with E-state index < -0.39 is 0 Å². The molecule has 0 saturated carbocycles. The zero-order chi connectivity index (χ0) is 19.1. The van der Waals surface area contributed by atoms with Gasteiger partial charge < -0.3 is 10.1 Å². The van der Waals surface area contributed by atoms with Gasteiger partial charge in [0.15, 0.2) is 12.4 Å². The fourth-order valence-electron chi connectivity index (χ4n) is 2.47. The van der Waals surface area contributed by atoms with Crippen molar-refractivity contribution in [1.82, 2.24) is 0 Å². The van der Waals surface area contributed by atoms with Gasteiger partial charge in [-0.15, -0.1) is 0 Å². The number of amides is 1. The first-order valence-electron chi connectivity index (χ1n) is 8.28. The fraction of sp³-hybridized carbons (Fsp3) is 0.0455. The molecule has 132 valence electrons. The largest absolute Gasteiger partial charge is 0.484 e. The van der Waals surface area contributed by atoms with Crippen LogP contribution in [0.1, 0.15) is 21.5 Å². The highest BCUT2D eigenvalue weighted by Crippen LogP contribution is 2.16. The molecule has 0 heterocycles. The lowest BCUT2D eigenvalue weighted by atomic mass is 10.0. The summed E-state index contributed by atoms with van der Waals surface area (Å²) < 4.78 is 5.45. The Bertz CT molecular complexity index is 990. The number of ketones is 1. The summed E-state index contributed by atoms with van der Waals surface area (Å²) in [6.07, 6.45) is 0. The summed E-state index contributed by atoms with van der Waals surface area (Å²) in [5.41, 5.74) is 2.16. The summed E-state index contributed by atoms with van der Waals surface area (Å²) in [5.74, 6) is 0.0762. The molecule has 3 aromatic rings. The van der Waals surface area contributed by atoms with Crippen molar-refractivity contribution < 1.29 is 14.3 Å². The molecule has 5 heteroatoms. The second-order valence-corrected chi connectivity index (χ2v) is 5.75. The molecule has 0 spiro atoms. The van der Waals surface area contributed by atoms with E-state index >= 15 is 0 Å². The number of ether oxygens (including phenoxy) is 1. The van der Waals surface area contributed by atoms with E-state index in [1.807, 2.05) is 24.3 Å². The molecule has 0 radical (unpaired) electrons. The van der Waals surface area contributed by atoms with Crippen LogP contribution in [0.3, 0.4) is 0 Å². The zero-order valence-electron chi connectivity index (χ0n) is 14.4. The van der Waals surface area contributed by atoms with Crippen LogP contribution < -0.4 is 10.1 Å². The van der Waals surface area contributed by atoms with Gasteiger partial charge in [-0.1, -0.05) is 36.4 Å². The van der Waals surface area contributed by atoms with E-state index in [1.165, 1.54) is 0 Å². The maximum Gasteiger partial charge on any atom is 0.262 e. The van der Waals surface area contributed by atoms with Crippen LogP contribution in [0.15, 0.2) is 78.9 Å². The minimum absolute atomic E-state index is 0.0720. The Kier molecular flexibility index (Phi) is 5.60. The van der Waals surface area contributed by atoms with Gasteiger partial charge in [0.05, 0.1) is 11.6 Å². The minimum atomic E-state index is -0.338. The third kappa shape index (κ3) is 4.80. The van der Waals surface area contributed by atoms with Crippen LogP contribution in [0.25, 0.3) is 0 Å². The highest BCUT2D eigenvalue weighted by Gasteiger charge is 2.09. The summed E-state index contributed by atoms with van der Waals surface area (Å²) >= 11 is 0. The second-order valence-electron chi connectivity index (χ2n) is 5.75. The molecule has 0 aliphatic heterocycles. The van der Waals surface area contributed by atoms with Gasteiger partial charge in [-0.05, 0) is 42.5 Å². The lowest BCUT2D eigenvalue weighted by Gasteiger charge is -2.08. The Labute approximate surface area is 156 Å². The number of anilines is 1. The highest BCUT2D eigenvalue weighted by atomic mass is 16.5. The molecule has 0 aliphatic carbocycles. The molecule has 0 aromatic heterocycles. The second kappa shape index (κ2) is 8.45. The number of nitrogens with zero attached hydrogens (tertiary/aromatic N) is 1. The van der Waals surface area contributed by atoms with Crippen molar-refractivity contribution in [2.75, 3.05) is 11.9 Å². The number of rotatable bonds is 6. The van der Waals surface area contributed by atoms with Gasteiger partial charge in [-0.2, -0.15) is 5.26 Å². The molecular formula is C22H16N2O3. The van der Waals surface area contributed by atoms with Gasteiger partial charge in [0.25, 0.3) is 5.91 Å². The maximum absolute atomic E-state index is 12.4. The number of hydrogen-bond donors (Lipinski definition) is 1. The van der Waals surface area contributed by atoms with Crippen LogP contribution in [0.4, 0.5) is 5.69 Å². The van der Waals surface area contributed by atoms with Crippen LogP contribution in [0.5, 0.6) is 5.75 Å². The number of carbonyl (C=O) groups is 2. The first kappa shape index (κ1) is 17.9. The Morgan fingerprint density at radius 2 is 1.59 bits per heavy atom. The molecule has 0 bridgehead atoms. The summed E-state index contributed by atoms with van der Waals surface area (Å²) in [7, 11) is 0. The maximum atomic E-state index is 12.4. The van der Waals surface area contributed by atoms with E-state index in [0.29, 0.717) is 28.1 Å². The number of nitrogens with one attached hydrogen (secondary N) is 1. The molecule has 5 nitrogen and oxygen atoms in total. The van der Waals surface area contributed by atoms with Crippen LogP contribution in [0.2, 0.25) is 0 Å². The number of benzene rings is 3. The number of carbonyl (C=O) groups excluding carboxylic acids is 2. The average Bonchev–Trinajstić information content (AvgIpc) is 2.73. The topological polar surface area (TPSA) is 79.2 Å². The van der Waals surface area contributed by atoms with Crippen LogP contribution in [0, 0.1) is 11.3 Å². The number of hydrogen-bond acceptors (Lipinski definition) is 4. The van der Waals surface area contributed by atoms with Crippen molar-refractivity contribution in [3.63, 3.8) is 0 Å². The van der Waals surface area contributed by atoms with Crippen LogP contribution in [-0.4, -0.2) is 18.3 Å². The van der Waals surface area contributed by atoms with Gasteiger partial charge in [0.2, 0.25) is 0 Å². The SMILES string of the molecule is N#Cc1cccc(NC(=O)COc2ccc(C(=O)c3ccccc3)cc2)c1. The monoisotopic (exact) mass is 356 g/mol. The van der Waals surface area contributed by atoms with Crippen molar-refractivity contribution in [1.29, 1.82) is 5.26 Å². The van der Waals surface area contributed by atoms with Crippen molar-refractivity contribution in [2.24, 2.45) is 0 Å². The Hall–Kier alpha value is -3.91. The van der Waals surface area contributed by atoms with Gasteiger partial charge >= 0.3 is 0 Å². The molecule has 3 rings (SSSR count). The first-order valence-corrected chi connectivity index (χ1v) is 8.28. The van der Waals surface area contributed by atoms with E-state index in [4.69, 9.17) is 10.00 Å². The van der Waals surface area contributed by atoms with E-state index in [9.17, 15) is 9.59 Å². The zero-order valence-corrected chi connectivity index (χ0v) is 14.4. The summed E-state index contributed by atoms with van der Waals surface area (Å²) in [6, 6.07) is 24.3. The quantitative estimate of drug-likeness (QED) is 0.681. The molecule has 0 unspecified atom stereocenters. The van der Waals surface area contributed by atoms with Crippen LogP contribution >= 0.6 is 0 Å². The van der Waals surface area contributed by atoms with Gasteiger partial charge in [-0.3, -0.25) is 9.59 Å². The van der Waals surface area contributed by atoms with Gasteiger partial charge in [0.1, 0.15) is 5.75 Å². The number of nitriles is 1. The summed E-state index contributed by atoms with van der Waals surface area (Å²) in [4.78, 5) is 24.3. The van der Waals surface area contributed by atoms with E-state index in [1.54, 1.807) is 60.7 Å². The first-order chi connectivity index (χ1) is 13.2. The summed E-state index contributed by atoms with van der Waals surface area (Å²) in [6.45, 7) is -0.178.